The van der Waals surface area contributed by atoms with Gasteiger partial charge in [0.05, 0.1) is 7.11 Å². The van der Waals surface area contributed by atoms with Crippen LogP contribution in [0, 0.1) is 6.92 Å². The number of nitrogens with one attached hydrogen (secondary N) is 2. The third-order valence-electron chi connectivity index (χ3n) is 5.83. The van der Waals surface area contributed by atoms with Gasteiger partial charge in [0, 0.05) is 45.7 Å². The summed E-state index contributed by atoms with van der Waals surface area (Å²) in [7, 11) is 1.52. The zero-order valence-electron chi connectivity index (χ0n) is 16.2. The molecule has 0 radical (unpaired) electrons. The van der Waals surface area contributed by atoms with Gasteiger partial charge in [-0.05, 0) is 42.5 Å². The second-order valence-electron chi connectivity index (χ2n) is 7.54. The maximum atomic E-state index is 13.4. The van der Waals surface area contributed by atoms with Crippen molar-refractivity contribution in [2.24, 2.45) is 0 Å². The molecular formula is C22H21N3O3S. The number of thiophene rings is 1. The van der Waals surface area contributed by atoms with E-state index in [2.05, 4.69) is 27.0 Å². The van der Waals surface area contributed by atoms with E-state index in [1.807, 2.05) is 19.1 Å². The lowest BCUT2D eigenvalue weighted by Gasteiger charge is -2.34. The normalized spacial score (nSPS) is 20.8. The maximum absolute atomic E-state index is 13.4. The summed E-state index contributed by atoms with van der Waals surface area (Å²) in [6.45, 7) is 1.96. The molecule has 7 heteroatoms. The number of aromatic hydroxyl groups is 1. The van der Waals surface area contributed by atoms with Crippen molar-refractivity contribution in [1.29, 1.82) is 0 Å². The highest BCUT2D eigenvalue weighted by Gasteiger charge is 2.40. The summed E-state index contributed by atoms with van der Waals surface area (Å²) in [5, 5.41) is 23.3. The van der Waals surface area contributed by atoms with Crippen LogP contribution in [0.5, 0.6) is 11.5 Å². The third kappa shape index (κ3) is 2.84. The van der Waals surface area contributed by atoms with Gasteiger partial charge < -0.3 is 15.2 Å². The van der Waals surface area contributed by atoms with E-state index in [4.69, 9.17) is 4.74 Å². The number of phenolic OH excluding ortho intramolecular Hbond substituents is 1. The SMILES string of the molecule is COc1ccc([C@@H]2C3=C(C[C@H](c4cccs4)CC3=O)Nc3n[nH]c(C)c32)cc1O. The molecule has 148 valence electrons. The number of phenols is 1. The van der Waals surface area contributed by atoms with E-state index in [0.717, 1.165) is 40.3 Å². The van der Waals surface area contributed by atoms with Gasteiger partial charge in [-0.3, -0.25) is 9.89 Å². The average molecular weight is 407 g/mol. The number of aromatic amines is 1. The number of hydrogen-bond acceptors (Lipinski definition) is 6. The van der Waals surface area contributed by atoms with Crippen molar-refractivity contribution >= 4 is 22.9 Å². The number of Topliss-reactive ketones (excluding diaryl/α,β-unsaturated/α-hetero) is 1. The fourth-order valence-electron chi connectivity index (χ4n) is 4.50. The first-order valence-corrected chi connectivity index (χ1v) is 10.4. The van der Waals surface area contributed by atoms with Gasteiger partial charge >= 0.3 is 0 Å². The van der Waals surface area contributed by atoms with E-state index in [0.29, 0.717) is 12.2 Å². The zero-order valence-corrected chi connectivity index (χ0v) is 17.0. The number of H-pyrrole nitrogens is 1. The van der Waals surface area contributed by atoms with Crippen molar-refractivity contribution in [3.8, 4) is 11.5 Å². The lowest BCUT2D eigenvalue weighted by Crippen LogP contribution is -2.29. The number of fused-ring (bicyclic) bond motifs is 1. The summed E-state index contributed by atoms with van der Waals surface area (Å²) >= 11 is 1.69. The number of carbonyl (C=O) groups is 1. The minimum atomic E-state index is -0.270. The molecule has 3 aromatic rings. The van der Waals surface area contributed by atoms with E-state index in [-0.39, 0.29) is 23.4 Å². The lowest BCUT2D eigenvalue weighted by atomic mass is 9.73. The molecule has 29 heavy (non-hydrogen) atoms. The Balaban J connectivity index is 1.64. The molecule has 0 unspecified atom stereocenters. The van der Waals surface area contributed by atoms with Gasteiger partial charge in [-0.1, -0.05) is 12.1 Å². The third-order valence-corrected chi connectivity index (χ3v) is 6.87. The Morgan fingerprint density at radius 2 is 2.14 bits per heavy atom. The molecule has 3 N–H and O–H groups in total. The van der Waals surface area contributed by atoms with Gasteiger partial charge in [0.25, 0.3) is 0 Å². The summed E-state index contributed by atoms with van der Waals surface area (Å²) in [5.41, 5.74) is 4.42. The molecule has 0 spiro atoms. The van der Waals surface area contributed by atoms with Crippen LogP contribution in [-0.2, 0) is 4.79 Å². The average Bonchev–Trinajstić information content (AvgIpc) is 3.37. The summed E-state index contributed by atoms with van der Waals surface area (Å²) in [6, 6.07) is 9.47. The monoisotopic (exact) mass is 407 g/mol. The standard InChI is InChI=1S/C22H21N3O3S/c1-11-19-20(12-5-6-17(28-2)15(26)9-12)21-14(23-22(19)25-24-11)8-13(10-16(21)27)18-4-3-7-29-18/h3-7,9,13,20,26H,8,10H2,1-2H3,(H2,23,24,25)/t13-,20-/m0/s1. The quantitative estimate of drug-likeness (QED) is 0.597. The van der Waals surface area contributed by atoms with E-state index in [1.54, 1.807) is 23.5 Å². The molecule has 3 heterocycles. The van der Waals surface area contributed by atoms with Crippen LogP contribution < -0.4 is 10.1 Å². The lowest BCUT2D eigenvalue weighted by molar-refractivity contribution is -0.116. The van der Waals surface area contributed by atoms with Crippen LogP contribution in [0.1, 0.15) is 46.4 Å². The molecule has 1 aromatic carbocycles. The Kier molecular flexibility index (Phi) is 4.20. The highest BCUT2D eigenvalue weighted by molar-refractivity contribution is 7.10. The molecule has 1 aliphatic heterocycles. The second kappa shape index (κ2) is 6.77. The summed E-state index contributed by atoms with van der Waals surface area (Å²) in [5.74, 6) is 1.28. The molecule has 0 saturated carbocycles. The van der Waals surface area contributed by atoms with Crippen LogP contribution in [0.2, 0.25) is 0 Å². The number of aromatic nitrogens is 2. The Labute approximate surface area is 172 Å². The highest BCUT2D eigenvalue weighted by Crippen LogP contribution is 2.49. The number of benzene rings is 1. The minimum absolute atomic E-state index is 0.0631. The van der Waals surface area contributed by atoms with Crippen LogP contribution in [-0.4, -0.2) is 28.2 Å². The van der Waals surface area contributed by atoms with Crippen molar-refractivity contribution in [2.75, 3.05) is 12.4 Å². The van der Waals surface area contributed by atoms with Gasteiger partial charge in [0.1, 0.15) is 0 Å². The van der Waals surface area contributed by atoms with Gasteiger partial charge in [-0.25, -0.2) is 0 Å². The van der Waals surface area contributed by atoms with Gasteiger partial charge in [0.15, 0.2) is 23.1 Å². The number of ketones is 1. The molecule has 1 aliphatic carbocycles. The molecule has 0 saturated heterocycles. The number of nitrogens with zero attached hydrogens (tertiary/aromatic N) is 1. The first kappa shape index (κ1) is 18.0. The molecule has 2 aliphatic rings. The summed E-state index contributed by atoms with van der Waals surface area (Å²) in [6.07, 6.45) is 1.26. The zero-order chi connectivity index (χ0) is 20.1. The van der Waals surface area contributed by atoms with Crippen molar-refractivity contribution in [3.05, 3.63) is 68.7 Å². The Morgan fingerprint density at radius 1 is 1.28 bits per heavy atom. The van der Waals surface area contributed by atoms with Gasteiger partial charge in [0.2, 0.25) is 0 Å². The number of carbonyl (C=O) groups excluding carboxylic acids is 1. The van der Waals surface area contributed by atoms with Crippen LogP contribution in [0.3, 0.4) is 0 Å². The number of ether oxygens (including phenoxy) is 1. The molecule has 0 fully saturated rings. The molecule has 6 nitrogen and oxygen atoms in total. The number of aryl methyl sites for hydroxylation is 1. The topological polar surface area (TPSA) is 87.2 Å². The van der Waals surface area contributed by atoms with Crippen LogP contribution in [0.25, 0.3) is 0 Å². The molecule has 2 atom stereocenters. The predicted octanol–water partition coefficient (Wildman–Crippen LogP) is 4.45. The van der Waals surface area contributed by atoms with Crippen LogP contribution in [0.4, 0.5) is 5.82 Å². The van der Waals surface area contributed by atoms with E-state index >= 15 is 0 Å². The van der Waals surface area contributed by atoms with E-state index in [1.165, 1.54) is 12.0 Å². The molecular weight excluding hydrogens is 386 g/mol. The molecule has 0 amide bonds. The highest BCUT2D eigenvalue weighted by atomic mass is 32.1. The summed E-state index contributed by atoms with van der Waals surface area (Å²) in [4.78, 5) is 14.6. The number of rotatable bonds is 3. The fourth-order valence-corrected chi connectivity index (χ4v) is 5.33. The van der Waals surface area contributed by atoms with Crippen molar-refractivity contribution in [3.63, 3.8) is 0 Å². The first-order valence-electron chi connectivity index (χ1n) is 9.55. The Bertz CT molecular complexity index is 1130. The number of hydrogen-bond donors (Lipinski definition) is 3. The van der Waals surface area contributed by atoms with Crippen LogP contribution in [0.15, 0.2) is 47.0 Å². The maximum Gasteiger partial charge on any atom is 0.162 e. The molecule has 0 bridgehead atoms. The van der Waals surface area contributed by atoms with E-state index in [9.17, 15) is 9.90 Å². The summed E-state index contributed by atoms with van der Waals surface area (Å²) < 4.78 is 5.19. The van der Waals surface area contributed by atoms with Gasteiger partial charge in [-0.2, -0.15) is 5.10 Å². The van der Waals surface area contributed by atoms with E-state index < -0.39 is 0 Å². The first-order chi connectivity index (χ1) is 14.1. The predicted molar refractivity (Wildman–Crippen MR) is 112 cm³/mol. The fraction of sp³-hybridized carbons (Fsp3) is 0.273. The van der Waals surface area contributed by atoms with Crippen LogP contribution >= 0.6 is 11.3 Å². The Hall–Kier alpha value is -3.06. The van der Waals surface area contributed by atoms with Crippen molar-refractivity contribution in [2.45, 2.75) is 31.6 Å². The molecule has 2 aromatic heterocycles. The number of anilines is 1. The number of allylic oxidation sites excluding steroid dienone is 2. The smallest absolute Gasteiger partial charge is 0.162 e. The Morgan fingerprint density at radius 3 is 2.86 bits per heavy atom. The number of methoxy groups -OCH3 is 1. The van der Waals surface area contributed by atoms with Crippen molar-refractivity contribution < 1.29 is 14.6 Å². The second-order valence-corrected chi connectivity index (χ2v) is 8.52. The minimum Gasteiger partial charge on any atom is -0.504 e. The molecule has 5 rings (SSSR count). The van der Waals surface area contributed by atoms with Gasteiger partial charge in [-0.15, -0.1) is 11.3 Å². The van der Waals surface area contributed by atoms with Crippen molar-refractivity contribution in [1.82, 2.24) is 10.2 Å². The largest absolute Gasteiger partial charge is 0.504 e.